The Morgan fingerprint density at radius 3 is 2.94 bits per heavy atom. The molecule has 0 spiro atoms. The molecule has 1 amide bonds. The zero-order chi connectivity index (χ0) is 13.0. The van der Waals surface area contributed by atoms with Crippen LogP contribution < -0.4 is 5.32 Å². The van der Waals surface area contributed by atoms with E-state index >= 15 is 0 Å². The maximum absolute atomic E-state index is 12.2. The number of aromatic nitrogens is 1. The lowest BCUT2D eigenvalue weighted by Crippen LogP contribution is -2.53. The lowest BCUT2D eigenvalue weighted by molar-refractivity contribution is 0.0681. The van der Waals surface area contributed by atoms with Crippen LogP contribution in [0.5, 0.6) is 0 Å². The summed E-state index contributed by atoms with van der Waals surface area (Å²) in [6.45, 7) is 1.62. The molecule has 1 saturated heterocycles. The van der Waals surface area contributed by atoms with Gasteiger partial charge in [-0.3, -0.25) is 4.79 Å². The Labute approximate surface area is 104 Å². The molecule has 1 aromatic heterocycles. The predicted molar refractivity (Wildman–Crippen MR) is 62.3 cm³/mol. The van der Waals surface area contributed by atoms with Gasteiger partial charge in [-0.25, -0.2) is 4.98 Å². The lowest BCUT2D eigenvalue weighted by Gasteiger charge is -2.31. The van der Waals surface area contributed by atoms with Crippen LogP contribution in [0.25, 0.3) is 0 Å². The minimum atomic E-state index is -0.469. The number of rotatable bonds is 1. The van der Waals surface area contributed by atoms with Crippen LogP contribution in [0.1, 0.15) is 16.1 Å². The molecule has 0 saturated carbocycles. The molecule has 2 rings (SSSR count). The highest BCUT2D eigenvalue weighted by molar-refractivity contribution is 5.92. The van der Waals surface area contributed by atoms with E-state index in [0.717, 1.165) is 0 Å². The summed E-state index contributed by atoms with van der Waals surface area (Å²) in [7, 11) is 0. The van der Waals surface area contributed by atoms with Crippen molar-refractivity contribution in [3.63, 3.8) is 0 Å². The van der Waals surface area contributed by atoms with Crippen LogP contribution in [-0.4, -0.2) is 41.5 Å². The number of carbonyl (C=O) groups excluding carboxylic acids is 1. The molecule has 6 nitrogen and oxygen atoms in total. The van der Waals surface area contributed by atoms with Gasteiger partial charge in [0.2, 0.25) is 0 Å². The molecular weight excluding hydrogens is 230 g/mol. The van der Waals surface area contributed by atoms with Gasteiger partial charge in [-0.05, 0) is 12.1 Å². The first-order chi connectivity index (χ1) is 8.76. The van der Waals surface area contributed by atoms with Crippen molar-refractivity contribution in [2.75, 3.05) is 19.6 Å². The molecule has 18 heavy (non-hydrogen) atoms. The first kappa shape index (κ1) is 12.0. The Morgan fingerprint density at radius 1 is 1.50 bits per heavy atom. The van der Waals surface area contributed by atoms with Crippen molar-refractivity contribution in [1.29, 1.82) is 10.5 Å². The highest BCUT2D eigenvalue weighted by Gasteiger charge is 2.27. The summed E-state index contributed by atoms with van der Waals surface area (Å²) in [5.74, 6) is -0.271. The number of nitriles is 2. The third-order valence-electron chi connectivity index (χ3n) is 2.76. The van der Waals surface area contributed by atoms with Crippen LogP contribution in [0, 0.1) is 22.7 Å². The van der Waals surface area contributed by atoms with Crippen molar-refractivity contribution in [3.05, 3.63) is 29.6 Å². The molecule has 1 unspecified atom stereocenters. The number of pyridine rings is 1. The number of hydrogen-bond acceptors (Lipinski definition) is 5. The predicted octanol–water partition coefficient (Wildman–Crippen LogP) is -0.109. The molecule has 1 fully saturated rings. The standard InChI is InChI=1S/C12H11N5O/c13-5-9-1-2-11(16-7-9)12(18)17-4-3-15-8-10(17)6-14/h1-2,7,10,15H,3-4,8H2. The van der Waals surface area contributed by atoms with Gasteiger partial charge in [0, 0.05) is 25.8 Å². The Morgan fingerprint density at radius 2 is 2.33 bits per heavy atom. The average molecular weight is 241 g/mol. The molecule has 0 aromatic carbocycles. The van der Waals surface area contributed by atoms with Crippen LogP contribution in [0.2, 0.25) is 0 Å². The Hall–Kier alpha value is -2.44. The second kappa shape index (κ2) is 5.26. The number of amides is 1. The Kier molecular flexibility index (Phi) is 3.52. The fourth-order valence-electron chi connectivity index (χ4n) is 1.80. The third kappa shape index (κ3) is 2.29. The molecule has 1 aliphatic heterocycles. The SMILES string of the molecule is N#Cc1ccc(C(=O)N2CCNCC2C#N)nc1. The van der Waals surface area contributed by atoms with E-state index in [9.17, 15) is 4.79 Å². The van der Waals surface area contributed by atoms with Gasteiger partial charge in [-0.1, -0.05) is 0 Å². The van der Waals surface area contributed by atoms with E-state index in [2.05, 4.69) is 16.4 Å². The second-order valence-corrected chi connectivity index (χ2v) is 3.89. The van der Waals surface area contributed by atoms with E-state index in [1.807, 2.05) is 6.07 Å². The summed E-state index contributed by atoms with van der Waals surface area (Å²) >= 11 is 0. The Balaban J connectivity index is 2.19. The summed E-state index contributed by atoms with van der Waals surface area (Å²) in [6.07, 6.45) is 1.36. The number of piperazine rings is 1. The largest absolute Gasteiger partial charge is 0.319 e. The highest BCUT2D eigenvalue weighted by Crippen LogP contribution is 2.09. The van der Waals surface area contributed by atoms with Gasteiger partial charge in [0.15, 0.2) is 0 Å². The van der Waals surface area contributed by atoms with Crippen LogP contribution in [0.3, 0.4) is 0 Å². The zero-order valence-electron chi connectivity index (χ0n) is 9.63. The molecule has 2 heterocycles. The first-order valence-corrected chi connectivity index (χ1v) is 5.53. The number of carbonyl (C=O) groups is 1. The molecule has 0 radical (unpaired) electrons. The molecule has 90 valence electrons. The van der Waals surface area contributed by atoms with Crippen molar-refractivity contribution in [2.24, 2.45) is 0 Å². The monoisotopic (exact) mass is 241 g/mol. The maximum Gasteiger partial charge on any atom is 0.273 e. The van der Waals surface area contributed by atoms with Gasteiger partial charge in [0.1, 0.15) is 17.8 Å². The van der Waals surface area contributed by atoms with Crippen molar-refractivity contribution in [3.8, 4) is 12.1 Å². The molecule has 0 aliphatic carbocycles. The van der Waals surface area contributed by atoms with Gasteiger partial charge in [-0.2, -0.15) is 10.5 Å². The summed E-state index contributed by atoms with van der Waals surface area (Å²) in [4.78, 5) is 17.6. The normalized spacial score (nSPS) is 18.8. The van der Waals surface area contributed by atoms with Gasteiger partial charge in [0.05, 0.1) is 11.6 Å². The molecule has 6 heteroatoms. The van der Waals surface area contributed by atoms with Crippen LogP contribution in [0.15, 0.2) is 18.3 Å². The van der Waals surface area contributed by atoms with Gasteiger partial charge in [-0.15, -0.1) is 0 Å². The van der Waals surface area contributed by atoms with Gasteiger partial charge < -0.3 is 10.2 Å². The summed E-state index contributed by atoms with van der Waals surface area (Å²) in [6, 6.07) is 6.62. The lowest BCUT2D eigenvalue weighted by atomic mass is 10.2. The fourth-order valence-corrected chi connectivity index (χ4v) is 1.80. The van der Waals surface area contributed by atoms with E-state index in [4.69, 9.17) is 10.5 Å². The van der Waals surface area contributed by atoms with Crippen LogP contribution >= 0.6 is 0 Å². The van der Waals surface area contributed by atoms with E-state index in [-0.39, 0.29) is 11.6 Å². The maximum atomic E-state index is 12.2. The summed E-state index contributed by atoms with van der Waals surface area (Å²) in [5.41, 5.74) is 0.667. The molecule has 0 bridgehead atoms. The average Bonchev–Trinajstić information content (AvgIpc) is 2.46. The highest BCUT2D eigenvalue weighted by atomic mass is 16.2. The van der Waals surface area contributed by atoms with Crippen molar-refractivity contribution in [2.45, 2.75) is 6.04 Å². The van der Waals surface area contributed by atoms with Crippen molar-refractivity contribution < 1.29 is 4.79 Å². The van der Waals surface area contributed by atoms with Gasteiger partial charge in [0.25, 0.3) is 5.91 Å². The topological polar surface area (TPSA) is 92.8 Å². The molecule has 1 aliphatic rings. The minimum Gasteiger partial charge on any atom is -0.319 e. The summed E-state index contributed by atoms with van der Waals surface area (Å²) in [5, 5.41) is 20.7. The van der Waals surface area contributed by atoms with E-state index in [1.54, 1.807) is 6.07 Å². The van der Waals surface area contributed by atoms with Crippen LogP contribution in [-0.2, 0) is 0 Å². The second-order valence-electron chi connectivity index (χ2n) is 3.89. The fraction of sp³-hybridized carbons (Fsp3) is 0.333. The van der Waals surface area contributed by atoms with Crippen LogP contribution in [0.4, 0.5) is 0 Å². The molecular formula is C12H11N5O. The molecule has 1 atom stereocenters. The van der Waals surface area contributed by atoms with E-state index in [0.29, 0.717) is 25.2 Å². The number of hydrogen-bond donors (Lipinski definition) is 1. The first-order valence-electron chi connectivity index (χ1n) is 5.53. The van der Waals surface area contributed by atoms with Crippen molar-refractivity contribution in [1.82, 2.24) is 15.2 Å². The quantitative estimate of drug-likeness (QED) is 0.740. The minimum absolute atomic E-state index is 0.260. The Bertz CT molecular complexity index is 525. The smallest absolute Gasteiger partial charge is 0.273 e. The van der Waals surface area contributed by atoms with E-state index < -0.39 is 6.04 Å². The molecule has 1 N–H and O–H groups in total. The summed E-state index contributed by atoms with van der Waals surface area (Å²) < 4.78 is 0. The number of nitrogens with one attached hydrogen (secondary N) is 1. The third-order valence-corrected chi connectivity index (χ3v) is 2.76. The zero-order valence-corrected chi connectivity index (χ0v) is 9.63. The van der Waals surface area contributed by atoms with Gasteiger partial charge >= 0.3 is 0 Å². The van der Waals surface area contributed by atoms with E-state index in [1.165, 1.54) is 17.2 Å². The van der Waals surface area contributed by atoms with Crippen molar-refractivity contribution >= 4 is 5.91 Å². The number of nitrogens with zero attached hydrogens (tertiary/aromatic N) is 4. The molecule has 1 aromatic rings.